The first-order valence-corrected chi connectivity index (χ1v) is 8.96. The highest BCUT2D eigenvalue weighted by Crippen LogP contribution is 2.32. The van der Waals surface area contributed by atoms with Crippen molar-refractivity contribution in [3.63, 3.8) is 0 Å². The molecular formula is C17H32ClNO. The van der Waals surface area contributed by atoms with Gasteiger partial charge in [0.15, 0.2) is 0 Å². The molecule has 0 aromatic rings. The predicted molar refractivity (Wildman–Crippen MR) is 87.1 cm³/mol. The van der Waals surface area contributed by atoms with Crippen LogP contribution in [0, 0.1) is 17.8 Å². The van der Waals surface area contributed by atoms with Crippen molar-refractivity contribution in [3.8, 4) is 0 Å². The van der Waals surface area contributed by atoms with Gasteiger partial charge >= 0.3 is 0 Å². The van der Waals surface area contributed by atoms with E-state index in [1.165, 1.54) is 32.1 Å². The quantitative estimate of drug-likeness (QED) is 0.644. The summed E-state index contributed by atoms with van der Waals surface area (Å²) in [7, 11) is 0. The molecule has 1 atom stereocenters. The molecule has 1 N–H and O–H groups in total. The van der Waals surface area contributed by atoms with Crippen LogP contribution >= 0.6 is 11.6 Å². The Balaban J connectivity index is 2.31. The summed E-state index contributed by atoms with van der Waals surface area (Å²) in [5.41, 5.74) is 0. The molecule has 2 nitrogen and oxygen atoms in total. The molecular weight excluding hydrogens is 270 g/mol. The Bertz CT molecular complexity index is 272. The molecule has 1 unspecified atom stereocenters. The van der Waals surface area contributed by atoms with Gasteiger partial charge < -0.3 is 5.32 Å². The third-order valence-electron chi connectivity index (χ3n) is 4.47. The van der Waals surface area contributed by atoms with Crippen LogP contribution in [0.3, 0.4) is 0 Å². The van der Waals surface area contributed by atoms with Gasteiger partial charge in [-0.3, -0.25) is 4.79 Å². The van der Waals surface area contributed by atoms with E-state index in [-0.39, 0.29) is 17.9 Å². The second-order valence-corrected chi connectivity index (χ2v) is 7.16. The van der Waals surface area contributed by atoms with Crippen LogP contribution in [0.25, 0.3) is 0 Å². The lowest BCUT2D eigenvalue weighted by Crippen LogP contribution is -2.41. The number of carbonyl (C=O) groups is 1. The van der Waals surface area contributed by atoms with Gasteiger partial charge in [0.05, 0.1) is 0 Å². The molecule has 3 heteroatoms. The number of unbranched alkanes of at least 4 members (excludes halogenated alkanes) is 1. The van der Waals surface area contributed by atoms with E-state index in [9.17, 15) is 4.79 Å². The van der Waals surface area contributed by atoms with Crippen molar-refractivity contribution in [3.05, 3.63) is 0 Å². The average molecular weight is 302 g/mol. The summed E-state index contributed by atoms with van der Waals surface area (Å²) in [6.45, 7) is 6.59. The van der Waals surface area contributed by atoms with Gasteiger partial charge in [0.2, 0.25) is 5.91 Å². The van der Waals surface area contributed by atoms with Gasteiger partial charge in [-0.15, -0.1) is 11.6 Å². The van der Waals surface area contributed by atoms with Crippen molar-refractivity contribution >= 4 is 17.5 Å². The fraction of sp³-hybridized carbons (Fsp3) is 0.941. The van der Waals surface area contributed by atoms with Crippen molar-refractivity contribution in [2.24, 2.45) is 17.8 Å². The van der Waals surface area contributed by atoms with E-state index in [0.717, 1.165) is 25.2 Å². The van der Waals surface area contributed by atoms with Gasteiger partial charge in [0.25, 0.3) is 0 Å². The number of hydrogen-bond donors (Lipinski definition) is 1. The van der Waals surface area contributed by atoms with E-state index in [1.54, 1.807) is 0 Å². The molecule has 0 radical (unpaired) electrons. The van der Waals surface area contributed by atoms with E-state index in [4.69, 9.17) is 11.6 Å². The molecule has 1 rings (SSSR count). The lowest BCUT2D eigenvalue weighted by molar-refractivity contribution is -0.126. The van der Waals surface area contributed by atoms with Crippen LogP contribution in [0.4, 0.5) is 0 Å². The molecule has 1 amide bonds. The topological polar surface area (TPSA) is 29.1 Å². The van der Waals surface area contributed by atoms with Crippen molar-refractivity contribution in [2.75, 3.05) is 5.88 Å². The van der Waals surface area contributed by atoms with Crippen LogP contribution in [0.15, 0.2) is 0 Å². The van der Waals surface area contributed by atoms with Gasteiger partial charge in [-0.05, 0) is 43.9 Å². The first kappa shape index (κ1) is 17.8. The van der Waals surface area contributed by atoms with E-state index < -0.39 is 0 Å². The molecule has 0 aromatic carbocycles. The SMILES string of the molecule is CCCCC1CCC(C(=O)NC(CCl)CC(C)C)CC1. The molecule has 118 valence electrons. The van der Waals surface area contributed by atoms with Crippen molar-refractivity contribution in [1.29, 1.82) is 0 Å². The highest BCUT2D eigenvalue weighted by atomic mass is 35.5. The Kier molecular flexibility index (Phi) is 8.60. The zero-order valence-corrected chi connectivity index (χ0v) is 14.2. The predicted octanol–water partition coefficient (Wildman–Crippen LogP) is 4.75. The standard InChI is InChI=1S/C17H32ClNO/c1-4-5-6-14-7-9-15(10-8-14)17(20)19-16(12-18)11-13(2)3/h13-16H,4-12H2,1-3H3,(H,19,20). The maximum Gasteiger partial charge on any atom is 0.223 e. The highest BCUT2D eigenvalue weighted by molar-refractivity contribution is 6.18. The van der Waals surface area contributed by atoms with Gasteiger partial charge in [0.1, 0.15) is 0 Å². The maximum atomic E-state index is 12.3. The summed E-state index contributed by atoms with van der Waals surface area (Å²) in [6, 6.07) is 0.141. The van der Waals surface area contributed by atoms with E-state index in [1.807, 2.05) is 0 Å². The zero-order valence-electron chi connectivity index (χ0n) is 13.5. The first-order valence-electron chi connectivity index (χ1n) is 8.43. The summed E-state index contributed by atoms with van der Waals surface area (Å²) in [4.78, 5) is 12.3. The monoisotopic (exact) mass is 301 g/mol. The summed E-state index contributed by atoms with van der Waals surface area (Å²) in [6.07, 6.45) is 9.54. The fourth-order valence-electron chi connectivity index (χ4n) is 3.25. The Hall–Kier alpha value is -0.240. The van der Waals surface area contributed by atoms with Crippen LogP contribution in [0.2, 0.25) is 0 Å². The minimum Gasteiger partial charge on any atom is -0.352 e. The van der Waals surface area contributed by atoms with Gasteiger partial charge in [-0.1, -0.05) is 40.0 Å². The molecule has 0 bridgehead atoms. The number of alkyl halides is 1. The Morgan fingerprint density at radius 2 is 1.90 bits per heavy atom. The summed E-state index contributed by atoms with van der Waals surface area (Å²) in [5.74, 6) is 2.42. The number of rotatable bonds is 8. The summed E-state index contributed by atoms with van der Waals surface area (Å²) >= 11 is 5.96. The largest absolute Gasteiger partial charge is 0.352 e. The number of hydrogen-bond acceptors (Lipinski definition) is 1. The normalized spacial score (nSPS) is 24.6. The van der Waals surface area contributed by atoms with E-state index >= 15 is 0 Å². The fourth-order valence-corrected chi connectivity index (χ4v) is 3.46. The number of halogens is 1. The van der Waals surface area contributed by atoms with Crippen LogP contribution in [-0.4, -0.2) is 17.8 Å². The first-order chi connectivity index (χ1) is 9.56. The molecule has 20 heavy (non-hydrogen) atoms. The molecule has 1 aliphatic carbocycles. The van der Waals surface area contributed by atoms with E-state index in [0.29, 0.717) is 11.8 Å². The second kappa shape index (κ2) is 9.65. The van der Waals surface area contributed by atoms with Crippen molar-refractivity contribution < 1.29 is 4.79 Å². The molecule has 0 aromatic heterocycles. The van der Waals surface area contributed by atoms with Crippen LogP contribution in [0.5, 0.6) is 0 Å². The smallest absolute Gasteiger partial charge is 0.223 e. The lowest BCUT2D eigenvalue weighted by Gasteiger charge is -2.29. The summed E-state index contributed by atoms with van der Waals surface area (Å²) < 4.78 is 0. The van der Waals surface area contributed by atoms with Gasteiger partial charge in [-0.2, -0.15) is 0 Å². The molecule has 1 saturated carbocycles. The van der Waals surface area contributed by atoms with E-state index in [2.05, 4.69) is 26.1 Å². The molecule has 1 fully saturated rings. The number of carbonyl (C=O) groups excluding carboxylic acids is 1. The second-order valence-electron chi connectivity index (χ2n) is 6.85. The van der Waals surface area contributed by atoms with Crippen LogP contribution in [0.1, 0.15) is 72.1 Å². The Labute approximate surface area is 130 Å². The molecule has 0 aliphatic heterocycles. The third-order valence-corrected chi connectivity index (χ3v) is 4.84. The number of nitrogens with one attached hydrogen (secondary N) is 1. The zero-order chi connectivity index (χ0) is 15.0. The Morgan fingerprint density at radius 1 is 1.25 bits per heavy atom. The van der Waals surface area contributed by atoms with Crippen LogP contribution in [-0.2, 0) is 4.79 Å². The van der Waals surface area contributed by atoms with Gasteiger partial charge in [0, 0.05) is 17.8 Å². The summed E-state index contributed by atoms with van der Waals surface area (Å²) in [5, 5.41) is 3.15. The van der Waals surface area contributed by atoms with Crippen molar-refractivity contribution in [2.45, 2.75) is 78.2 Å². The van der Waals surface area contributed by atoms with Crippen LogP contribution < -0.4 is 5.32 Å². The molecule has 0 spiro atoms. The third kappa shape index (κ3) is 6.47. The van der Waals surface area contributed by atoms with Gasteiger partial charge in [-0.25, -0.2) is 0 Å². The molecule has 0 heterocycles. The molecule has 1 aliphatic rings. The number of amides is 1. The minimum atomic E-state index is 0.141. The Morgan fingerprint density at radius 3 is 2.40 bits per heavy atom. The van der Waals surface area contributed by atoms with Crippen molar-refractivity contribution in [1.82, 2.24) is 5.32 Å². The average Bonchev–Trinajstić information content (AvgIpc) is 2.44. The highest BCUT2D eigenvalue weighted by Gasteiger charge is 2.27. The maximum absolute atomic E-state index is 12.3. The lowest BCUT2D eigenvalue weighted by atomic mass is 9.79. The molecule has 0 saturated heterocycles. The minimum absolute atomic E-state index is 0.141.